The first-order chi connectivity index (χ1) is 11.4. The lowest BCUT2D eigenvalue weighted by atomic mass is 10.1. The van der Waals surface area contributed by atoms with Crippen molar-refractivity contribution < 1.29 is 9.59 Å². The van der Waals surface area contributed by atoms with Gasteiger partial charge in [-0.2, -0.15) is 15.0 Å². The number of carbonyl (C=O) groups excluding carboxylic acids is 2. The van der Waals surface area contributed by atoms with Crippen LogP contribution in [0.5, 0.6) is 0 Å². The van der Waals surface area contributed by atoms with Gasteiger partial charge in [0.2, 0.25) is 5.91 Å². The van der Waals surface area contributed by atoms with E-state index in [1.165, 1.54) is 11.1 Å². The summed E-state index contributed by atoms with van der Waals surface area (Å²) in [6.45, 7) is 0.361. The second kappa shape index (κ2) is 6.15. The molecule has 3 rings (SSSR count). The topological polar surface area (TPSA) is 105 Å². The highest BCUT2D eigenvalue weighted by Crippen LogP contribution is 2.31. The second-order valence-electron chi connectivity index (χ2n) is 5.23. The lowest BCUT2D eigenvalue weighted by Crippen LogP contribution is -2.33. The molecule has 122 valence electrons. The molecule has 0 spiro atoms. The quantitative estimate of drug-likeness (QED) is 0.824. The van der Waals surface area contributed by atoms with Crippen molar-refractivity contribution in [1.29, 1.82) is 5.26 Å². The van der Waals surface area contributed by atoms with Gasteiger partial charge in [-0.15, -0.1) is 0 Å². The van der Waals surface area contributed by atoms with Gasteiger partial charge in [-0.05, 0) is 24.6 Å². The highest BCUT2D eigenvalue weighted by molar-refractivity contribution is 6.42. The van der Waals surface area contributed by atoms with Gasteiger partial charge in [0.05, 0.1) is 16.2 Å². The van der Waals surface area contributed by atoms with Gasteiger partial charge in [0.25, 0.3) is 5.91 Å². The predicted molar refractivity (Wildman–Crippen MR) is 88.9 cm³/mol. The smallest absolute Gasteiger partial charge is 0.261 e. The van der Waals surface area contributed by atoms with E-state index in [9.17, 15) is 9.59 Å². The molecular weight excluding hydrogens is 353 g/mol. The molecule has 2 aromatic rings. The zero-order valence-electron chi connectivity index (χ0n) is 12.2. The maximum Gasteiger partial charge on any atom is 0.261 e. The standard InChI is InChI=1S/C15H11Cl2N5O2/c16-11-2-1-9(5-12(11)17)21-4-3-10(14(21)23)15(24)22-13(19)8(6-18)7-20-22/h1-2,5,7,10H,3-4,19H2. The minimum atomic E-state index is -0.909. The summed E-state index contributed by atoms with van der Waals surface area (Å²) in [6, 6.07) is 6.66. The van der Waals surface area contributed by atoms with Gasteiger partial charge in [0, 0.05) is 12.2 Å². The van der Waals surface area contributed by atoms with Gasteiger partial charge in [-0.1, -0.05) is 23.2 Å². The molecule has 1 aromatic carbocycles. The lowest BCUT2D eigenvalue weighted by Gasteiger charge is -2.17. The zero-order valence-corrected chi connectivity index (χ0v) is 13.8. The number of nitrogens with two attached hydrogens (primary N) is 1. The Labute approximate surface area is 147 Å². The molecule has 0 aliphatic carbocycles. The molecule has 1 aliphatic heterocycles. The first kappa shape index (κ1) is 16.3. The van der Waals surface area contributed by atoms with Crippen molar-refractivity contribution in [1.82, 2.24) is 9.78 Å². The van der Waals surface area contributed by atoms with E-state index < -0.39 is 11.8 Å². The van der Waals surface area contributed by atoms with E-state index in [-0.39, 0.29) is 17.3 Å². The Morgan fingerprint density at radius 2 is 2.12 bits per heavy atom. The highest BCUT2D eigenvalue weighted by Gasteiger charge is 2.39. The van der Waals surface area contributed by atoms with Gasteiger partial charge in [0.1, 0.15) is 23.4 Å². The van der Waals surface area contributed by atoms with E-state index >= 15 is 0 Å². The summed E-state index contributed by atoms with van der Waals surface area (Å²) in [5.74, 6) is -1.90. The summed E-state index contributed by atoms with van der Waals surface area (Å²) in [4.78, 5) is 26.6. The summed E-state index contributed by atoms with van der Waals surface area (Å²) in [5, 5.41) is 13.4. The monoisotopic (exact) mass is 363 g/mol. The Hall–Kier alpha value is -2.56. The summed E-state index contributed by atoms with van der Waals surface area (Å²) < 4.78 is 0.902. The molecule has 2 N–H and O–H groups in total. The molecule has 0 radical (unpaired) electrons. The van der Waals surface area contributed by atoms with Crippen LogP contribution in [0.2, 0.25) is 10.0 Å². The first-order valence-corrected chi connectivity index (χ1v) is 7.74. The van der Waals surface area contributed by atoms with Crippen molar-refractivity contribution in [2.45, 2.75) is 6.42 Å². The van der Waals surface area contributed by atoms with Gasteiger partial charge in [-0.25, -0.2) is 0 Å². The van der Waals surface area contributed by atoms with Crippen LogP contribution < -0.4 is 10.6 Å². The van der Waals surface area contributed by atoms with Crippen LogP contribution in [-0.4, -0.2) is 28.1 Å². The van der Waals surface area contributed by atoms with Gasteiger partial charge in [0.15, 0.2) is 0 Å². The molecule has 0 bridgehead atoms. The number of nitriles is 1. The Morgan fingerprint density at radius 3 is 2.75 bits per heavy atom. The normalized spacial score (nSPS) is 17.1. The molecule has 0 saturated carbocycles. The molecule has 1 aliphatic rings. The fourth-order valence-corrected chi connectivity index (χ4v) is 2.88. The molecule has 1 fully saturated rings. The maximum absolute atomic E-state index is 12.6. The number of carbonyl (C=O) groups is 2. The zero-order chi connectivity index (χ0) is 17.4. The largest absolute Gasteiger partial charge is 0.382 e. The average Bonchev–Trinajstić information content (AvgIpc) is 3.12. The third-order valence-corrected chi connectivity index (χ3v) is 4.59. The fraction of sp³-hybridized carbons (Fsp3) is 0.200. The summed E-state index contributed by atoms with van der Waals surface area (Å²) in [6.07, 6.45) is 1.52. The van der Waals surface area contributed by atoms with Crippen molar-refractivity contribution in [2.24, 2.45) is 5.92 Å². The highest BCUT2D eigenvalue weighted by atomic mass is 35.5. The summed E-state index contributed by atoms with van der Waals surface area (Å²) in [5.41, 5.74) is 6.37. The molecule has 1 aromatic heterocycles. The van der Waals surface area contributed by atoms with Crippen LogP contribution in [0.1, 0.15) is 16.8 Å². The molecule has 24 heavy (non-hydrogen) atoms. The van der Waals surface area contributed by atoms with Gasteiger partial charge < -0.3 is 10.6 Å². The Morgan fingerprint density at radius 1 is 1.38 bits per heavy atom. The van der Waals surface area contributed by atoms with Crippen molar-refractivity contribution in [3.63, 3.8) is 0 Å². The number of aromatic nitrogens is 2. The number of anilines is 2. The van der Waals surface area contributed by atoms with Crippen LogP contribution in [0.3, 0.4) is 0 Å². The molecule has 1 unspecified atom stereocenters. The van der Waals surface area contributed by atoms with E-state index in [1.807, 2.05) is 6.07 Å². The van der Waals surface area contributed by atoms with Crippen molar-refractivity contribution in [3.05, 3.63) is 40.0 Å². The van der Waals surface area contributed by atoms with Crippen LogP contribution in [0, 0.1) is 17.2 Å². The van der Waals surface area contributed by atoms with Crippen molar-refractivity contribution in [2.75, 3.05) is 17.2 Å². The molecule has 1 amide bonds. The number of hydrogen-bond donors (Lipinski definition) is 1. The number of benzene rings is 1. The number of nitrogens with zero attached hydrogens (tertiary/aromatic N) is 4. The van der Waals surface area contributed by atoms with E-state index in [0.29, 0.717) is 28.7 Å². The van der Waals surface area contributed by atoms with Crippen LogP contribution in [0.25, 0.3) is 0 Å². The number of rotatable bonds is 2. The van der Waals surface area contributed by atoms with Crippen LogP contribution in [-0.2, 0) is 4.79 Å². The number of amides is 1. The number of halogens is 2. The van der Waals surface area contributed by atoms with E-state index in [4.69, 9.17) is 34.2 Å². The molecule has 2 heterocycles. The molecule has 1 atom stereocenters. The molecular formula is C15H11Cl2N5O2. The van der Waals surface area contributed by atoms with E-state index in [2.05, 4.69) is 5.10 Å². The molecule has 9 heteroatoms. The Bertz CT molecular complexity index is 886. The minimum absolute atomic E-state index is 0.0664. The van der Waals surface area contributed by atoms with E-state index in [0.717, 1.165) is 4.68 Å². The maximum atomic E-state index is 12.6. The SMILES string of the molecule is N#Cc1cnn(C(=O)C2CCN(c3ccc(Cl)c(Cl)c3)C2=O)c1N. The average molecular weight is 364 g/mol. The van der Waals surface area contributed by atoms with Crippen molar-refractivity contribution in [3.8, 4) is 6.07 Å². The summed E-state index contributed by atoms with van der Waals surface area (Å²) >= 11 is 11.9. The van der Waals surface area contributed by atoms with Crippen molar-refractivity contribution >= 4 is 46.5 Å². The van der Waals surface area contributed by atoms with Crippen LogP contribution in [0.4, 0.5) is 11.5 Å². The predicted octanol–water partition coefficient (Wildman–Crippen LogP) is 2.34. The van der Waals surface area contributed by atoms with E-state index in [1.54, 1.807) is 18.2 Å². The van der Waals surface area contributed by atoms with Crippen LogP contribution >= 0.6 is 23.2 Å². The van der Waals surface area contributed by atoms with Crippen LogP contribution in [0.15, 0.2) is 24.4 Å². The lowest BCUT2D eigenvalue weighted by molar-refractivity contribution is -0.119. The number of hydrogen-bond acceptors (Lipinski definition) is 5. The Balaban J connectivity index is 1.85. The second-order valence-corrected chi connectivity index (χ2v) is 6.05. The first-order valence-electron chi connectivity index (χ1n) is 6.98. The number of nitrogen functional groups attached to an aromatic ring is 1. The molecule has 7 nitrogen and oxygen atoms in total. The fourth-order valence-electron chi connectivity index (χ4n) is 2.59. The van der Waals surface area contributed by atoms with Gasteiger partial charge >= 0.3 is 0 Å². The third kappa shape index (κ3) is 2.60. The molecule has 1 saturated heterocycles. The third-order valence-electron chi connectivity index (χ3n) is 3.85. The van der Waals surface area contributed by atoms with Gasteiger partial charge in [-0.3, -0.25) is 9.59 Å². The minimum Gasteiger partial charge on any atom is -0.382 e. The Kier molecular flexibility index (Phi) is 4.18. The summed E-state index contributed by atoms with van der Waals surface area (Å²) in [7, 11) is 0.